The van der Waals surface area contributed by atoms with E-state index in [1.807, 2.05) is 32.9 Å². The van der Waals surface area contributed by atoms with E-state index in [2.05, 4.69) is 15.4 Å². The first-order valence-electron chi connectivity index (χ1n) is 12.0. The Kier molecular flexibility index (Phi) is 9.87. The van der Waals surface area contributed by atoms with Gasteiger partial charge in [0.25, 0.3) is 5.91 Å². The topological polar surface area (TPSA) is 134 Å². The number of benzene rings is 2. The van der Waals surface area contributed by atoms with Gasteiger partial charge < -0.3 is 30.1 Å². The molecule has 10 nitrogen and oxygen atoms in total. The lowest BCUT2D eigenvalue weighted by Gasteiger charge is -2.22. The molecule has 0 atom stereocenters. The predicted molar refractivity (Wildman–Crippen MR) is 149 cm³/mol. The molecule has 0 radical (unpaired) electrons. The van der Waals surface area contributed by atoms with Crippen molar-refractivity contribution < 1.29 is 28.5 Å². The van der Waals surface area contributed by atoms with Crippen molar-refractivity contribution in [1.29, 1.82) is 0 Å². The third-order valence-electron chi connectivity index (χ3n) is 5.17. The molecule has 10 heteroatoms. The molecule has 2 aromatic carbocycles. The van der Waals surface area contributed by atoms with Crippen LogP contribution in [0.3, 0.4) is 0 Å². The highest BCUT2D eigenvalue weighted by Crippen LogP contribution is 2.32. The molecule has 0 heterocycles. The standard InChI is InChI=1S/C28H38N4O6/c1-17(30-22-15-20(35-8)10-11-23(22)36-9)25(32-29)26(34)31-19-12-18(27(2,3)4)13-21(14-19)37-16-24(33)38-28(5,6)7/h10-15H,16,29H2,1-9H3,(H,31,34)/b30-17?,32-25+. The van der Waals surface area contributed by atoms with Crippen LogP contribution in [0.4, 0.5) is 11.4 Å². The summed E-state index contributed by atoms with van der Waals surface area (Å²) >= 11 is 0. The van der Waals surface area contributed by atoms with E-state index in [0.29, 0.717) is 28.6 Å². The van der Waals surface area contributed by atoms with Gasteiger partial charge in [-0.05, 0) is 62.9 Å². The second-order valence-electron chi connectivity index (χ2n) is 10.5. The van der Waals surface area contributed by atoms with E-state index in [0.717, 1.165) is 5.56 Å². The minimum Gasteiger partial charge on any atom is -0.497 e. The smallest absolute Gasteiger partial charge is 0.344 e. The van der Waals surface area contributed by atoms with E-state index in [9.17, 15) is 9.59 Å². The van der Waals surface area contributed by atoms with Crippen LogP contribution in [-0.4, -0.2) is 49.7 Å². The maximum absolute atomic E-state index is 13.2. The molecule has 0 unspecified atom stereocenters. The second-order valence-corrected chi connectivity index (χ2v) is 10.5. The van der Waals surface area contributed by atoms with Crippen LogP contribution in [0.1, 0.15) is 54.0 Å². The molecule has 0 saturated heterocycles. The van der Waals surface area contributed by atoms with Crippen molar-refractivity contribution in [2.75, 3.05) is 26.1 Å². The van der Waals surface area contributed by atoms with Gasteiger partial charge >= 0.3 is 5.97 Å². The minimum absolute atomic E-state index is 0.0766. The van der Waals surface area contributed by atoms with Gasteiger partial charge in [-0.1, -0.05) is 20.8 Å². The van der Waals surface area contributed by atoms with Crippen LogP contribution in [0.25, 0.3) is 0 Å². The van der Waals surface area contributed by atoms with Crippen LogP contribution in [0.2, 0.25) is 0 Å². The molecule has 38 heavy (non-hydrogen) atoms. The zero-order chi connectivity index (χ0) is 28.7. The fourth-order valence-corrected chi connectivity index (χ4v) is 3.33. The SMILES string of the molecule is COc1ccc(OC)c(N=C(C)/C(=N\N)C(=O)Nc2cc(OCC(=O)OC(C)(C)C)cc(C(C)(C)C)c2)c1. The van der Waals surface area contributed by atoms with E-state index in [1.165, 1.54) is 7.11 Å². The van der Waals surface area contributed by atoms with E-state index in [1.54, 1.807) is 59.1 Å². The number of nitrogens with zero attached hydrogens (tertiary/aromatic N) is 2. The van der Waals surface area contributed by atoms with Crippen molar-refractivity contribution in [3.8, 4) is 17.2 Å². The lowest BCUT2D eigenvalue weighted by molar-refractivity contribution is -0.157. The lowest BCUT2D eigenvalue weighted by atomic mass is 9.86. The summed E-state index contributed by atoms with van der Waals surface area (Å²) in [6.45, 7) is 12.8. The molecule has 0 aliphatic carbocycles. The third-order valence-corrected chi connectivity index (χ3v) is 5.17. The molecule has 0 aromatic heterocycles. The number of amides is 1. The van der Waals surface area contributed by atoms with Gasteiger partial charge in [0.1, 0.15) is 28.5 Å². The molecule has 0 saturated carbocycles. The normalized spacial score (nSPS) is 12.6. The average Bonchev–Trinajstić information content (AvgIpc) is 2.81. The van der Waals surface area contributed by atoms with Crippen LogP contribution in [0.5, 0.6) is 17.2 Å². The van der Waals surface area contributed by atoms with E-state index in [-0.39, 0.29) is 23.4 Å². The largest absolute Gasteiger partial charge is 0.497 e. The molecule has 0 spiro atoms. The summed E-state index contributed by atoms with van der Waals surface area (Å²) < 4.78 is 21.6. The monoisotopic (exact) mass is 526 g/mol. The fraction of sp³-hybridized carbons (Fsp3) is 0.429. The number of nitrogens with one attached hydrogen (secondary N) is 1. The highest BCUT2D eigenvalue weighted by molar-refractivity contribution is 6.68. The highest BCUT2D eigenvalue weighted by Gasteiger charge is 2.21. The van der Waals surface area contributed by atoms with Gasteiger partial charge in [0.15, 0.2) is 12.3 Å². The molecule has 0 fully saturated rings. The van der Waals surface area contributed by atoms with Crippen molar-refractivity contribution in [2.45, 2.75) is 59.5 Å². The number of rotatable bonds is 9. The first-order chi connectivity index (χ1) is 17.7. The molecule has 0 aliphatic rings. The molecule has 206 valence electrons. The Hall–Kier alpha value is -4.08. The van der Waals surface area contributed by atoms with Crippen molar-refractivity contribution in [2.24, 2.45) is 15.9 Å². The van der Waals surface area contributed by atoms with E-state index >= 15 is 0 Å². The van der Waals surface area contributed by atoms with Crippen molar-refractivity contribution in [3.63, 3.8) is 0 Å². The summed E-state index contributed by atoms with van der Waals surface area (Å²) in [6.07, 6.45) is 0. The number of nitrogens with two attached hydrogens (primary N) is 1. The summed E-state index contributed by atoms with van der Waals surface area (Å²) in [5, 5.41) is 6.48. The Morgan fingerprint density at radius 2 is 1.63 bits per heavy atom. The summed E-state index contributed by atoms with van der Waals surface area (Å²) in [6, 6.07) is 10.4. The Balaban J connectivity index is 2.32. The first kappa shape index (κ1) is 30.1. The Labute approximate surface area is 224 Å². The highest BCUT2D eigenvalue weighted by atomic mass is 16.6. The maximum atomic E-state index is 13.2. The van der Waals surface area contributed by atoms with Gasteiger partial charge in [0, 0.05) is 17.8 Å². The number of methoxy groups -OCH3 is 2. The van der Waals surface area contributed by atoms with Crippen LogP contribution in [0.15, 0.2) is 46.5 Å². The Morgan fingerprint density at radius 1 is 0.947 bits per heavy atom. The molecule has 3 N–H and O–H groups in total. The zero-order valence-corrected chi connectivity index (χ0v) is 23.6. The van der Waals surface area contributed by atoms with Gasteiger partial charge in [0.05, 0.1) is 19.9 Å². The quantitative estimate of drug-likeness (QED) is 0.208. The molecule has 2 aromatic rings. The summed E-state index contributed by atoms with van der Waals surface area (Å²) in [5.74, 6) is 5.98. The molecule has 0 aliphatic heterocycles. The fourth-order valence-electron chi connectivity index (χ4n) is 3.33. The van der Waals surface area contributed by atoms with Gasteiger partial charge in [-0.15, -0.1) is 0 Å². The molecule has 2 rings (SSSR count). The van der Waals surface area contributed by atoms with Crippen molar-refractivity contribution >= 4 is 34.7 Å². The number of hydrazone groups is 1. The van der Waals surface area contributed by atoms with Gasteiger partial charge in [0.2, 0.25) is 0 Å². The van der Waals surface area contributed by atoms with Gasteiger partial charge in [-0.2, -0.15) is 5.10 Å². The summed E-state index contributed by atoms with van der Waals surface area (Å²) in [7, 11) is 3.06. The number of hydrogen-bond donors (Lipinski definition) is 2. The maximum Gasteiger partial charge on any atom is 0.344 e. The third kappa shape index (κ3) is 8.79. The number of ether oxygens (including phenoxy) is 4. The zero-order valence-electron chi connectivity index (χ0n) is 23.6. The number of anilines is 1. The van der Waals surface area contributed by atoms with Gasteiger partial charge in [-0.3, -0.25) is 4.79 Å². The molecular formula is C28H38N4O6. The van der Waals surface area contributed by atoms with Crippen LogP contribution < -0.4 is 25.4 Å². The molecule has 0 bridgehead atoms. The number of carbonyl (C=O) groups excluding carboxylic acids is 2. The van der Waals surface area contributed by atoms with Crippen LogP contribution in [-0.2, 0) is 19.7 Å². The van der Waals surface area contributed by atoms with E-state index < -0.39 is 17.5 Å². The van der Waals surface area contributed by atoms with Crippen LogP contribution >= 0.6 is 0 Å². The van der Waals surface area contributed by atoms with E-state index in [4.69, 9.17) is 24.8 Å². The summed E-state index contributed by atoms with van der Waals surface area (Å²) in [5.41, 5.74) is 1.07. The Bertz CT molecular complexity index is 1220. The molecule has 1 amide bonds. The number of esters is 1. The average molecular weight is 527 g/mol. The Morgan fingerprint density at radius 3 is 2.18 bits per heavy atom. The van der Waals surface area contributed by atoms with Crippen molar-refractivity contribution in [3.05, 3.63) is 42.0 Å². The lowest BCUT2D eigenvalue weighted by Crippen LogP contribution is -2.30. The molecular weight excluding hydrogens is 488 g/mol. The first-order valence-corrected chi connectivity index (χ1v) is 12.0. The number of aliphatic imine (C=N–C) groups is 1. The minimum atomic E-state index is -0.626. The predicted octanol–water partition coefficient (Wildman–Crippen LogP) is 4.77. The van der Waals surface area contributed by atoms with Crippen LogP contribution in [0, 0.1) is 0 Å². The summed E-state index contributed by atoms with van der Waals surface area (Å²) in [4.78, 5) is 29.8. The van der Waals surface area contributed by atoms with Gasteiger partial charge in [-0.25, -0.2) is 9.79 Å². The number of hydrogen-bond acceptors (Lipinski definition) is 9. The van der Waals surface area contributed by atoms with Crippen molar-refractivity contribution in [1.82, 2.24) is 0 Å². The number of carbonyl (C=O) groups is 2. The second kappa shape index (κ2) is 12.4.